The topological polar surface area (TPSA) is 0 Å². The molecule has 0 heterocycles. The second-order valence-corrected chi connectivity index (χ2v) is 3.28. The summed E-state index contributed by atoms with van der Waals surface area (Å²) in [6.07, 6.45) is 7.30. The van der Waals surface area contributed by atoms with Crippen LogP contribution in [0.2, 0.25) is 5.82 Å². The molecule has 1 heteroatoms. The van der Waals surface area contributed by atoms with Gasteiger partial charge in [-0.05, 0) is 17.6 Å². The van der Waals surface area contributed by atoms with Crippen molar-refractivity contribution in [3.63, 3.8) is 0 Å². The van der Waals surface area contributed by atoms with Gasteiger partial charge in [0.15, 0.2) is 0 Å². The van der Waals surface area contributed by atoms with Gasteiger partial charge in [0.25, 0.3) is 0 Å². The van der Waals surface area contributed by atoms with Crippen molar-refractivity contribution in [1.82, 2.24) is 0 Å². The summed E-state index contributed by atoms with van der Waals surface area (Å²) < 4.78 is 0. The molecule has 0 aromatic heterocycles. The van der Waals surface area contributed by atoms with Gasteiger partial charge in [0.2, 0.25) is 0 Å². The summed E-state index contributed by atoms with van der Waals surface area (Å²) in [5.74, 6) is 0.201. The molecule has 0 N–H and O–H groups in total. The summed E-state index contributed by atoms with van der Waals surface area (Å²) in [4.78, 5) is 0. The van der Waals surface area contributed by atoms with Gasteiger partial charge in [-0.3, -0.25) is 0 Å². The molecule has 1 aromatic carbocycles. The zero-order valence-electron chi connectivity index (χ0n) is 7.48. The van der Waals surface area contributed by atoms with Crippen molar-refractivity contribution in [2.24, 2.45) is 0 Å². The van der Waals surface area contributed by atoms with E-state index < -0.39 is 0 Å². The maximum absolute atomic E-state index is 5.74. The first-order chi connectivity index (χ1) is 6.36. The SMILES string of the molecule is [B]C1C=CC(c2ccccc2)=CC1. The fraction of sp³-hybridized carbons (Fsp3) is 0.167. The van der Waals surface area contributed by atoms with Crippen molar-refractivity contribution >= 4 is 13.4 Å². The second kappa shape index (κ2) is 3.65. The summed E-state index contributed by atoms with van der Waals surface area (Å²) in [5.41, 5.74) is 2.55. The molecule has 62 valence electrons. The number of hydrogen-bond donors (Lipinski definition) is 0. The van der Waals surface area contributed by atoms with E-state index in [9.17, 15) is 0 Å². The Balaban J connectivity index is 2.25. The Kier molecular flexibility index (Phi) is 2.35. The number of rotatable bonds is 1. The predicted octanol–water partition coefficient (Wildman–Crippen LogP) is 2.99. The van der Waals surface area contributed by atoms with E-state index >= 15 is 0 Å². The van der Waals surface area contributed by atoms with Gasteiger partial charge in [-0.15, -0.1) is 0 Å². The average Bonchev–Trinajstić information content (AvgIpc) is 2.20. The van der Waals surface area contributed by atoms with Crippen LogP contribution in [0.5, 0.6) is 0 Å². The monoisotopic (exact) mass is 166 g/mol. The van der Waals surface area contributed by atoms with E-state index in [1.807, 2.05) is 6.07 Å². The molecule has 0 spiro atoms. The fourth-order valence-corrected chi connectivity index (χ4v) is 1.48. The molecule has 0 amide bonds. The zero-order valence-corrected chi connectivity index (χ0v) is 7.48. The van der Waals surface area contributed by atoms with Crippen molar-refractivity contribution in [2.75, 3.05) is 0 Å². The molecule has 1 unspecified atom stereocenters. The Morgan fingerprint density at radius 1 is 1.15 bits per heavy atom. The van der Waals surface area contributed by atoms with E-state index in [1.165, 1.54) is 11.1 Å². The quantitative estimate of drug-likeness (QED) is 0.562. The van der Waals surface area contributed by atoms with Crippen LogP contribution in [0.25, 0.3) is 5.57 Å². The van der Waals surface area contributed by atoms with Gasteiger partial charge in [-0.1, -0.05) is 54.4 Å². The highest BCUT2D eigenvalue weighted by molar-refractivity contribution is 6.13. The van der Waals surface area contributed by atoms with Gasteiger partial charge in [0.05, 0.1) is 7.85 Å². The van der Waals surface area contributed by atoms with Gasteiger partial charge < -0.3 is 0 Å². The Bertz CT molecular complexity index is 335. The van der Waals surface area contributed by atoms with Crippen LogP contribution in [-0.2, 0) is 0 Å². The smallest absolute Gasteiger partial charge is 0.0759 e. The second-order valence-electron chi connectivity index (χ2n) is 3.28. The van der Waals surface area contributed by atoms with Crippen molar-refractivity contribution < 1.29 is 0 Å². The van der Waals surface area contributed by atoms with E-state index in [0.717, 1.165) is 6.42 Å². The van der Waals surface area contributed by atoms with Crippen LogP contribution in [0.3, 0.4) is 0 Å². The van der Waals surface area contributed by atoms with Crippen LogP contribution in [-0.4, -0.2) is 7.85 Å². The normalized spacial score (nSPS) is 21.2. The highest BCUT2D eigenvalue weighted by Gasteiger charge is 2.03. The lowest BCUT2D eigenvalue weighted by Crippen LogP contribution is -1.92. The maximum atomic E-state index is 5.74. The molecule has 1 atom stereocenters. The maximum Gasteiger partial charge on any atom is 0.0759 e. The first-order valence-electron chi connectivity index (χ1n) is 4.55. The third-order valence-electron chi connectivity index (χ3n) is 2.24. The first-order valence-corrected chi connectivity index (χ1v) is 4.55. The highest BCUT2D eigenvalue weighted by Crippen LogP contribution is 2.24. The Morgan fingerprint density at radius 2 is 1.92 bits per heavy atom. The van der Waals surface area contributed by atoms with Gasteiger partial charge >= 0.3 is 0 Å². The highest BCUT2D eigenvalue weighted by atomic mass is 14.1. The van der Waals surface area contributed by atoms with E-state index in [2.05, 4.69) is 42.5 Å². The van der Waals surface area contributed by atoms with E-state index in [4.69, 9.17) is 7.85 Å². The van der Waals surface area contributed by atoms with Crippen LogP contribution in [0, 0.1) is 0 Å². The third-order valence-corrected chi connectivity index (χ3v) is 2.24. The summed E-state index contributed by atoms with van der Waals surface area (Å²) >= 11 is 0. The molecule has 0 bridgehead atoms. The van der Waals surface area contributed by atoms with Gasteiger partial charge in [0.1, 0.15) is 0 Å². The van der Waals surface area contributed by atoms with Crippen molar-refractivity contribution in [3.05, 3.63) is 54.1 Å². The Labute approximate surface area is 80.4 Å². The minimum atomic E-state index is 0.201. The summed E-state index contributed by atoms with van der Waals surface area (Å²) in [7, 11) is 5.74. The van der Waals surface area contributed by atoms with Gasteiger partial charge in [-0.2, -0.15) is 0 Å². The van der Waals surface area contributed by atoms with Crippen LogP contribution in [0.4, 0.5) is 0 Å². The van der Waals surface area contributed by atoms with Gasteiger partial charge in [0, 0.05) is 0 Å². The summed E-state index contributed by atoms with van der Waals surface area (Å²) in [6, 6.07) is 10.4. The minimum Gasteiger partial charge on any atom is -0.0892 e. The third kappa shape index (κ3) is 1.92. The standard InChI is InChI=1S/C12H11B/c13-12-8-6-11(7-9-12)10-4-2-1-3-5-10/h1-8,12H,9H2. The predicted molar refractivity (Wildman–Crippen MR) is 57.7 cm³/mol. The largest absolute Gasteiger partial charge is 0.0892 e. The molecule has 0 fully saturated rings. The minimum absolute atomic E-state index is 0.201. The molecule has 1 aromatic rings. The molecular weight excluding hydrogens is 155 g/mol. The molecule has 2 rings (SSSR count). The van der Waals surface area contributed by atoms with E-state index in [0.29, 0.717) is 0 Å². The Hall–Kier alpha value is -1.24. The molecule has 1 aliphatic carbocycles. The fourth-order valence-electron chi connectivity index (χ4n) is 1.48. The van der Waals surface area contributed by atoms with Crippen LogP contribution in [0.15, 0.2) is 48.6 Å². The molecule has 2 radical (unpaired) electrons. The van der Waals surface area contributed by atoms with Gasteiger partial charge in [-0.25, -0.2) is 0 Å². The molecule has 0 nitrogen and oxygen atoms in total. The molecule has 1 aliphatic rings. The molecule has 0 aliphatic heterocycles. The number of hydrogen-bond acceptors (Lipinski definition) is 0. The van der Waals surface area contributed by atoms with E-state index in [-0.39, 0.29) is 5.82 Å². The number of benzene rings is 1. The Morgan fingerprint density at radius 3 is 2.54 bits per heavy atom. The van der Waals surface area contributed by atoms with Crippen LogP contribution >= 0.6 is 0 Å². The zero-order chi connectivity index (χ0) is 9.10. The molecule has 0 saturated heterocycles. The van der Waals surface area contributed by atoms with Crippen molar-refractivity contribution in [3.8, 4) is 0 Å². The first kappa shape index (κ1) is 8.37. The molecular formula is C12H11B. The lowest BCUT2D eigenvalue weighted by atomic mass is 9.80. The molecule has 0 saturated carbocycles. The lowest BCUT2D eigenvalue weighted by Gasteiger charge is -2.11. The van der Waals surface area contributed by atoms with Crippen LogP contribution in [0.1, 0.15) is 12.0 Å². The molecule has 13 heavy (non-hydrogen) atoms. The lowest BCUT2D eigenvalue weighted by molar-refractivity contribution is 1.03. The van der Waals surface area contributed by atoms with Crippen molar-refractivity contribution in [2.45, 2.75) is 12.2 Å². The van der Waals surface area contributed by atoms with E-state index in [1.54, 1.807) is 0 Å². The number of allylic oxidation sites excluding steroid dienone is 4. The summed E-state index contributed by atoms with van der Waals surface area (Å²) in [6.45, 7) is 0. The van der Waals surface area contributed by atoms with Crippen LogP contribution < -0.4 is 0 Å². The average molecular weight is 166 g/mol. The van der Waals surface area contributed by atoms with Crippen molar-refractivity contribution in [1.29, 1.82) is 0 Å². The summed E-state index contributed by atoms with van der Waals surface area (Å²) in [5, 5.41) is 0.